The number of hydrogen-bond acceptors (Lipinski definition) is 5. The van der Waals surface area contributed by atoms with Gasteiger partial charge in [-0.1, -0.05) is 6.07 Å². The molecule has 0 saturated heterocycles. The zero-order valence-corrected chi connectivity index (χ0v) is 14.7. The second kappa shape index (κ2) is 7.11. The van der Waals surface area contributed by atoms with E-state index in [1.807, 2.05) is 19.1 Å². The second-order valence-corrected chi connectivity index (χ2v) is 6.52. The number of carbonyl (C=O) groups is 1. The summed E-state index contributed by atoms with van der Waals surface area (Å²) in [6, 6.07) is 5.56. The third-order valence-corrected chi connectivity index (χ3v) is 4.67. The van der Waals surface area contributed by atoms with Crippen LogP contribution in [0.25, 0.3) is 5.65 Å². The maximum atomic E-state index is 12.7. The van der Waals surface area contributed by atoms with Crippen molar-refractivity contribution in [3.05, 3.63) is 53.6 Å². The number of nitrogens with zero attached hydrogens (tertiary/aromatic N) is 4. The van der Waals surface area contributed by atoms with Gasteiger partial charge in [0.15, 0.2) is 5.65 Å². The van der Waals surface area contributed by atoms with Gasteiger partial charge in [-0.05, 0) is 44.7 Å². The van der Waals surface area contributed by atoms with Crippen molar-refractivity contribution in [3.63, 3.8) is 0 Å². The Hall–Kier alpha value is -2.96. The van der Waals surface area contributed by atoms with Crippen LogP contribution in [0, 0.1) is 6.92 Å². The van der Waals surface area contributed by atoms with Gasteiger partial charge in [0, 0.05) is 30.7 Å². The number of pyridine rings is 1. The molecule has 1 aliphatic rings. The molecule has 1 fully saturated rings. The van der Waals surface area contributed by atoms with Crippen molar-refractivity contribution in [2.45, 2.75) is 45.3 Å². The maximum absolute atomic E-state index is 12.7. The Kier molecular flexibility index (Phi) is 4.51. The number of amides is 1. The number of rotatable bonds is 5. The van der Waals surface area contributed by atoms with Crippen molar-refractivity contribution in [2.75, 3.05) is 0 Å². The number of aryl methyl sites for hydroxylation is 1. The number of fused-ring (bicyclic) bond motifs is 1. The predicted octanol–water partition coefficient (Wildman–Crippen LogP) is 2.68. The van der Waals surface area contributed by atoms with Crippen LogP contribution in [0.5, 0.6) is 5.88 Å². The largest absolute Gasteiger partial charge is 0.474 e. The van der Waals surface area contributed by atoms with Crippen molar-refractivity contribution in [3.8, 4) is 5.88 Å². The molecule has 0 unspecified atom stereocenters. The molecule has 1 N–H and O–H groups in total. The SMILES string of the molecule is Cc1nn2cccnc2c1C(=O)NCc1cccnc1OC1CCCC1. The highest BCUT2D eigenvalue weighted by Crippen LogP contribution is 2.25. The molecule has 26 heavy (non-hydrogen) atoms. The molecular formula is C19H21N5O2. The highest BCUT2D eigenvalue weighted by molar-refractivity contribution is 6.00. The van der Waals surface area contributed by atoms with Crippen LogP contribution in [-0.4, -0.2) is 31.6 Å². The number of nitrogens with one attached hydrogen (secondary N) is 1. The first-order valence-corrected chi connectivity index (χ1v) is 8.91. The molecule has 3 aromatic rings. The van der Waals surface area contributed by atoms with E-state index in [1.54, 1.807) is 29.2 Å². The Morgan fingerprint density at radius 3 is 2.92 bits per heavy atom. The molecule has 134 valence electrons. The summed E-state index contributed by atoms with van der Waals surface area (Å²) in [4.78, 5) is 21.3. The highest BCUT2D eigenvalue weighted by atomic mass is 16.5. The summed E-state index contributed by atoms with van der Waals surface area (Å²) in [5.41, 5.74) is 2.56. The minimum absolute atomic E-state index is 0.202. The second-order valence-electron chi connectivity index (χ2n) is 6.52. The summed E-state index contributed by atoms with van der Waals surface area (Å²) in [6.45, 7) is 2.15. The molecule has 0 aromatic carbocycles. The average Bonchev–Trinajstić information content (AvgIpc) is 3.27. The number of hydrogen-bond donors (Lipinski definition) is 1. The molecule has 7 nitrogen and oxygen atoms in total. The first-order chi connectivity index (χ1) is 12.7. The maximum Gasteiger partial charge on any atom is 0.257 e. The van der Waals surface area contributed by atoms with Crippen LogP contribution in [0.1, 0.15) is 47.3 Å². The molecule has 1 amide bonds. The van der Waals surface area contributed by atoms with Crippen LogP contribution in [-0.2, 0) is 6.54 Å². The van der Waals surface area contributed by atoms with Crippen LogP contribution in [0.15, 0.2) is 36.8 Å². The normalized spacial score (nSPS) is 14.7. The number of carbonyl (C=O) groups excluding carboxylic acids is 1. The highest BCUT2D eigenvalue weighted by Gasteiger charge is 2.20. The Bertz CT molecular complexity index is 931. The van der Waals surface area contributed by atoms with Gasteiger partial charge in [-0.3, -0.25) is 4.79 Å². The lowest BCUT2D eigenvalue weighted by molar-refractivity contribution is 0.0951. The summed E-state index contributed by atoms with van der Waals surface area (Å²) >= 11 is 0. The van der Waals surface area contributed by atoms with Crippen LogP contribution >= 0.6 is 0 Å². The van der Waals surface area contributed by atoms with Crippen molar-refractivity contribution >= 4 is 11.6 Å². The van der Waals surface area contributed by atoms with Crippen LogP contribution in [0.2, 0.25) is 0 Å². The fourth-order valence-electron chi connectivity index (χ4n) is 3.36. The van der Waals surface area contributed by atoms with Crippen molar-refractivity contribution in [2.24, 2.45) is 0 Å². The molecule has 3 heterocycles. The summed E-state index contributed by atoms with van der Waals surface area (Å²) < 4.78 is 7.65. The Labute approximate surface area is 151 Å². The Morgan fingerprint density at radius 1 is 1.27 bits per heavy atom. The third kappa shape index (κ3) is 3.24. The molecule has 1 aliphatic carbocycles. The lowest BCUT2D eigenvalue weighted by atomic mass is 10.2. The van der Waals surface area contributed by atoms with Crippen molar-refractivity contribution < 1.29 is 9.53 Å². The smallest absolute Gasteiger partial charge is 0.257 e. The average molecular weight is 351 g/mol. The fraction of sp³-hybridized carbons (Fsp3) is 0.368. The van der Waals surface area contributed by atoms with Gasteiger partial charge in [0.2, 0.25) is 5.88 Å². The van der Waals surface area contributed by atoms with Gasteiger partial charge in [0.05, 0.1) is 5.69 Å². The lowest BCUT2D eigenvalue weighted by Crippen LogP contribution is -2.24. The van der Waals surface area contributed by atoms with Crippen molar-refractivity contribution in [1.82, 2.24) is 24.9 Å². The van der Waals surface area contributed by atoms with E-state index in [0.29, 0.717) is 29.3 Å². The minimum atomic E-state index is -0.202. The first kappa shape index (κ1) is 16.5. The molecule has 3 aromatic heterocycles. The lowest BCUT2D eigenvalue weighted by Gasteiger charge is -2.15. The fourth-order valence-corrected chi connectivity index (χ4v) is 3.36. The van der Waals surface area contributed by atoms with Crippen LogP contribution in [0.4, 0.5) is 0 Å². The molecule has 4 rings (SSSR count). The molecule has 7 heteroatoms. The summed E-state index contributed by atoms with van der Waals surface area (Å²) in [6.07, 6.45) is 9.91. The monoisotopic (exact) mass is 351 g/mol. The van der Waals surface area contributed by atoms with Crippen molar-refractivity contribution in [1.29, 1.82) is 0 Å². The van der Waals surface area contributed by atoms with E-state index >= 15 is 0 Å². The third-order valence-electron chi connectivity index (χ3n) is 4.67. The number of ether oxygens (including phenoxy) is 1. The van der Waals surface area contributed by atoms with E-state index in [2.05, 4.69) is 20.4 Å². The zero-order valence-electron chi connectivity index (χ0n) is 14.7. The van der Waals surface area contributed by atoms with E-state index in [1.165, 1.54) is 12.8 Å². The van der Waals surface area contributed by atoms with E-state index < -0.39 is 0 Å². The van der Waals surface area contributed by atoms with E-state index in [0.717, 1.165) is 18.4 Å². The molecular weight excluding hydrogens is 330 g/mol. The topological polar surface area (TPSA) is 81.4 Å². The Balaban J connectivity index is 1.50. The van der Waals surface area contributed by atoms with Gasteiger partial charge < -0.3 is 10.1 Å². The summed E-state index contributed by atoms with van der Waals surface area (Å²) in [5.74, 6) is 0.404. The van der Waals surface area contributed by atoms with Gasteiger partial charge >= 0.3 is 0 Å². The van der Waals surface area contributed by atoms with Gasteiger partial charge in [0.25, 0.3) is 5.91 Å². The van der Waals surface area contributed by atoms with Gasteiger partial charge in [-0.2, -0.15) is 5.10 Å². The standard InChI is InChI=1S/C19H21N5O2/c1-13-16(17-20-10-5-11-24(17)23-13)18(25)22-12-14-6-4-9-21-19(14)26-15-7-2-3-8-15/h4-6,9-11,15H,2-3,7-8,12H2,1H3,(H,22,25). The van der Waals surface area contributed by atoms with Gasteiger partial charge in [-0.15, -0.1) is 0 Å². The molecule has 0 spiro atoms. The minimum Gasteiger partial charge on any atom is -0.474 e. The first-order valence-electron chi connectivity index (χ1n) is 8.91. The molecule has 0 bridgehead atoms. The molecule has 1 saturated carbocycles. The zero-order chi connectivity index (χ0) is 17.9. The summed E-state index contributed by atoms with van der Waals surface area (Å²) in [7, 11) is 0. The predicted molar refractivity (Wildman–Crippen MR) is 96.0 cm³/mol. The van der Waals surface area contributed by atoms with Gasteiger partial charge in [0.1, 0.15) is 11.7 Å². The molecule has 0 aliphatic heterocycles. The molecule has 0 radical (unpaired) electrons. The van der Waals surface area contributed by atoms with E-state index in [-0.39, 0.29) is 12.0 Å². The van der Waals surface area contributed by atoms with Crippen LogP contribution in [0.3, 0.4) is 0 Å². The quantitative estimate of drug-likeness (QED) is 0.764. The van der Waals surface area contributed by atoms with E-state index in [4.69, 9.17) is 4.74 Å². The van der Waals surface area contributed by atoms with Gasteiger partial charge in [-0.25, -0.2) is 14.5 Å². The van der Waals surface area contributed by atoms with Crippen LogP contribution < -0.4 is 10.1 Å². The molecule has 0 atom stereocenters. The Morgan fingerprint density at radius 2 is 2.08 bits per heavy atom. The van der Waals surface area contributed by atoms with E-state index in [9.17, 15) is 4.79 Å². The summed E-state index contributed by atoms with van der Waals surface area (Å²) in [5, 5.41) is 7.28. The number of aromatic nitrogens is 4.